The molecule has 5 nitrogen and oxygen atoms in total. The number of nitriles is 1. The Balaban J connectivity index is 0.00000242. The summed E-state index contributed by atoms with van der Waals surface area (Å²) in [4.78, 5) is 0.0938. The second kappa shape index (κ2) is 6.55. The lowest BCUT2D eigenvalue weighted by atomic mass is 9.81. The maximum absolute atomic E-state index is 12.8. The molecular formula is C15H22ClN3O2S. The van der Waals surface area contributed by atoms with Gasteiger partial charge in [-0.1, -0.05) is 26.0 Å². The molecule has 1 heterocycles. The van der Waals surface area contributed by atoms with Crippen molar-refractivity contribution in [1.82, 2.24) is 4.31 Å². The Bertz CT molecular complexity index is 695. The molecule has 1 aromatic carbocycles. The van der Waals surface area contributed by atoms with Crippen molar-refractivity contribution in [2.45, 2.75) is 38.1 Å². The van der Waals surface area contributed by atoms with E-state index in [2.05, 4.69) is 0 Å². The second-order valence-electron chi connectivity index (χ2n) is 6.28. The average molecular weight is 344 g/mol. The standard InChI is InChI=1S/C15H21N3O2S.ClH/c1-11-5-4-6-13(12(11)9-16)21(19,20)18-8-7-14(17)15(2,3)10-18;/h4-6,14H,7-8,10,17H2,1-3H3;1H. The maximum atomic E-state index is 12.8. The van der Waals surface area contributed by atoms with Crippen LogP contribution in [0.2, 0.25) is 0 Å². The minimum Gasteiger partial charge on any atom is -0.327 e. The molecule has 1 atom stereocenters. The minimum atomic E-state index is -3.67. The molecule has 122 valence electrons. The maximum Gasteiger partial charge on any atom is 0.244 e. The van der Waals surface area contributed by atoms with Crippen molar-refractivity contribution in [3.63, 3.8) is 0 Å². The number of nitrogens with two attached hydrogens (primary N) is 1. The van der Waals surface area contributed by atoms with E-state index in [4.69, 9.17) is 5.73 Å². The van der Waals surface area contributed by atoms with E-state index >= 15 is 0 Å². The molecule has 1 aliphatic rings. The third-order valence-corrected chi connectivity index (χ3v) is 6.13. The summed E-state index contributed by atoms with van der Waals surface area (Å²) in [7, 11) is -3.67. The van der Waals surface area contributed by atoms with Crippen LogP contribution in [0.25, 0.3) is 0 Å². The Labute approximate surface area is 138 Å². The molecule has 2 N–H and O–H groups in total. The summed E-state index contributed by atoms with van der Waals surface area (Å²) in [6.07, 6.45) is 0.625. The normalized spacial score (nSPS) is 21.7. The topological polar surface area (TPSA) is 87.2 Å². The quantitative estimate of drug-likeness (QED) is 0.890. The molecule has 0 saturated carbocycles. The number of piperidine rings is 1. The van der Waals surface area contributed by atoms with Gasteiger partial charge in [-0.05, 0) is 30.4 Å². The van der Waals surface area contributed by atoms with Gasteiger partial charge in [0, 0.05) is 19.1 Å². The first-order chi connectivity index (χ1) is 9.70. The third-order valence-electron chi connectivity index (χ3n) is 4.24. The van der Waals surface area contributed by atoms with Gasteiger partial charge in [-0.25, -0.2) is 8.42 Å². The monoisotopic (exact) mass is 343 g/mol. The predicted molar refractivity (Wildman–Crippen MR) is 88.3 cm³/mol. The molecule has 1 aromatic rings. The highest BCUT2D eigenvalue weighted by atomic mass is 35.5. The van der Waals surface area contributed by atoms with Crippen LogP contribution in [0.3, 0.4) is 0 Å². The zero-order valence-corrected chi connectivity index (χ0v) is 14.7. The smallest absolute Gasteiger partial charge is 0.244 e. The second-order valence-corrected chi connectivity index (χ2v) is 8.19. The molecule has 0 aromatic heterocycles. The molecule has 2 rings (SSSR count). The lowest BCUT2D eigenvalue weighted by molar-refractivity contribution is 0.155. The van der Waals surface area contributed by atoms with Crippen molar-refractivity contribution in [2.24, 2.45) is 11.1 Å². The minimum absolute atomic E-state index is 0. The Hall–Kier alpha value is -1.13. The van der Waals surface area contributed by atoms with E-state index in [0.717, 1.165) is 0 Å². The summed E-state index contributed by atoms with van der Waals surface area (Å²) < 4.78 is 27.1. The molecule has 0 aliphatic carbocycles. The van der Waals surface area contributed by atoms with Crippen LogP contribution in [0.15, 0.2) is 23.1 Å². The SMILES string of the molecule is Cc1cccc(S(=O)(=O)N2CCC(N)C(C)(C)C2)c1C#N.Cl. The van der Waals surface area contributed by atoms with E-state index in [1.807, 2.05) is 19.9 Å². The van der Waals surface area contributed by atoms with Crippen LogP contribution in [-0.4, -0.2) is 31.9 Å². The van der Waals surface area contributed by atoms with Gasteiger partial charge in [0.15, 0.2) is 0 Å². The average Bonchev–Trinajstić information content (AvgIpc) is 2.41. The van der Waals surface area contributed by atoms with E-state index in [0.29, 0.717) is 25.1 Å². The molecule has 1 fully saturated rings. The van der Waals surface area contributed by atoms with Crippen LogP contribution in [0, 0.1) is 23.7 Å². The lowest BCUT2D eigenvalue weighted by Crippen LogP contribution is -2.53. The Morgan fingerprint density at radius 1 is 1.41 bits per heavy atom. The summed E-state index contributed by atoms with van der Waals surface area (Å²) in [5, 5.41) is 9.25. The van der Waals surface area contributed by atoms with E-state index < -0.39 is 10.0 Å². The van der Waals surface area contributed by atoms with Gasteiger partial charge in [-0.2, -0.15) is 9.57 Å². The van der Waals surface area contributed by atoms with Crippen LogP contribution in [0.1, 0.15) is 31.4 Å². The van der Waals surface area contributed by atoms with Gasteiger partial charge >= 0.3 is 0 Å². The number of hydrogen-bond acceptors (Lipinski definition) is 4. The highest BCUT2D eigenvalue weighted by molar-refractivity contribution is 7.89. The van der Waals surface area contributed by atoms with E-state index in [9.17, 15) is 13.7 Å². The number of nitrogens with zero attached hydrogens (tertiary/aromatic N) is 2. The number of rotatable bonds is 2. The summed E-state index contributed by atoms with van der Waals surface area (Å²) in [6.45, 7) is 6.45. The first-order valence-corrected chi connectivity index (χ1v) is 8.39. The van der Waals surface area contributed by atoms with Crippen LogP contribution >= 0.6 is 12.4 Å². The first kappa shape index (κ1) is 18.9. The largest absolute Gasteiger partial charge is 0.327 e. The number of benzene rings is 1. The van der Waals surface area contributed by atoms with Gasteiger partial charge in [0.1, 0.15) is 11.0 Å². The van der Waals surface area contributed by atoms with Crippen LogP contribution in [-0.2, 0) is 10.0 Å². The van der Waals surface area contributed by atoms with Crippen molar-refractivity contribution >= 4 is 22.4 Å². The van der Waals surface area contributed by atoms with Crippen molar-refractivity contribution < 1.29 is 8.42 Å². The van der Waals surface area contributed by atoms with Crippen LogP contribution in [0.5, 0.6) is 0 Å². The molecule has 7 heteroatoms. The molecular weight excluding hydrogens is 322 g/mol. The number of halogens is 1. The van der Waals surface area contributed by atoms with Gasteiger partial charge in [0.25, 0.3) is 0 Å². The van der Waals surface area contributed by atoms with Crippen molar-refractivity contribution in [3.05, 3.63) is 29.3 Å². The Morgan fingerprint density at radius 3 is 2.59 bits per heavy atom. The Kier molecular flexibility index (Phi) is 5.63. The molecule has 1 saturated heterocycles. The van der Waals surface area contributed by atoms with E-state index in [-0.39, 0.29) is 34.3 Å². The molecule has 0 radical (unpaired) electrons. The van der Waals surface area contributed by atoms with Gasteiger partial charge in [0.2, 0.25) is 10.0 Å². The lowest BCUT2D eigenvalue weighted by Gasteiger charge is -2.41. The first-order valence-electron chi connectivity index (χ1n) is 6.95. The molecule has 0 amide bonds. The van der Waals surface area contributed by atoms with Crippen molar-refractivity contribution in [2.75, 3.05) is 13.1 Å². The molecule has 1 aliphatic heterocycles. The number of sulfonamides is 1. The van der Waals surface area contributed by atoms with Gasteiger partial charge in [-0.15, -0.1) is 12.4 Å². The van der Waals surface area contributed by atoms with E-state index in [1.165, 1.54) is 10.4 Å². The summed E-state index contributed by atoms with van der Waals surface area (Å²) in [5.41, 5.74) is 6.69. The summed E-state index contributed by atoms with van der Waals surface area (Å²) in [5.74, 6) is 0. The number of hydrogen-bond donors (Lipinski definition) is 1. The molecule has 0 spiro atoms. The zero-order chi connectivity index (χ0) is 15.8. The van der Waals surface area contributed by atoms with Crippen LogP contribution in [0.4, 0.5) is 0 Å². The molecule has 0 bridgehead atoms. The fourth-order valence-electron chi connectivity index (χ4n) is 2.67. The van der Waals surface area contributed by atoms with Gasteiger partial charge in [0.05, 0.1) is 5.56 Å². The van der Waals surface area contributed by atoms with Gasteiger partial charge < -0.3 is 5.73 Å². The van der Waals surface area contributed by atoms with Crippen LogP contribution < -0.4 is 5.73 Å². The molecule has 1 unspecified atom stereocenters. The Morgan fingerprint density at radius 2 is 2.05 bits per heavy atom. The van der Waals surface area contributed by atoms with Gasteiger partial charge in [-0.3, -0.25) is 0 Å². The summed E-state index contributed by atoms with van der Waals surface area (Å²) >= 11 is 0. The highest BCUT2D eigenvalue weighted by Gasteiger charge is 2.39. The summed E-state index contributed by atoms with van der Waals surface area (Å²) in [6, 6.07) is 6.91. The number of aryl methyl sites for hydroxylation is 1. The van der Waals surface area contributed by atoms with E-state index in [1.54, 1.807) is 19.1 Å². The van der Waals surface area contributed by atoms with Crippen molar-refractivity contribution in [1.29, 1.82) is 5.26 Å². The van der Waals surface area contributed by atoms with Crippen molar-refractivity contribution in [3.8, 4) is 6.07 Å². The fraction of sp³-hybridized carbons (Fsp3) is 0.533. The zero-order valence-electron chi connectivity index (χ0n) is 13.0. The highest BCUT2D eigenvalue weighted by Crippen LogP contribution is 2.32. The predicted octanol–water partition coefficient (Wildman–Crippen LogP) is 2.04. The molecule has 22 heavy (non-hydrogen) atoms. The third kappa shape index (κ3) is 3.28. The fourth-order valence-corrected chi connectivity index (χ4v) is 4.51.